The minimum absolute atomic E-state index is 0.0787. The predicted octanol–water partition coefficient (Wildman–Crippen LogP) is 1.12. The van der Waals surface area contributed by atoms with Crippen molar-refractivity contribution >= 4 is 0 Å². The lowest BCUT2D eigenvalue weighted by Crippen LogP contribution is -2.27. The second-order valence-electron chi connectivity index (χ2n) is 2.60. The van der Waals surface area contributed by atoms with Crippen molar-refractivity contribution in [1.29, 1.82) is 0 Å². The minimum atomic E-state index is -0.0787. The number of hydrazine groups is 1. The second kappa shape index (κ2) is 3.96. The van der Waals surface area contributed by atoms with E-state index < -0.39 is 0 Å². The molecule has 0 bridgehead atoms. The Hall–Kier alpha value is -1.24. The van der Waals surface area contributed by atoms with E-state index in [-0.39, 0.29) is 6.04 Å². The average molecular weight is 164 g/mol. The standard InChI is InChI=1S/C9H12N2O/c1-3-4-8(11-10)9-7(2)5-6-12-9/h1,5-6,8,11H,4,10H2,2H3. The molecule has 3 heteroatoms. The van der Waals surface area contributed by atoms with Crippen LogP contribution >= 0.6 is 0 Å². The van der Waals surface area contributed by atoms with Gasteiger partial charge in [0, 0.05) is 6.42 Å². The number of terminal acetylenes is 1. The molecule has 12 heavy (non-hydrogen) atoms. The molecule has 0 fully saturated rings. The Labute approximate surface area is 71.9 Å². The summed E-state index contributed by atoms with van der Waals surface area (Å²) in [4.78, 5) is 0. The van der Waals surface area contributed by atoms with Gasteiger partial charge in [0.1, 0.15) is 5.76 Å². The summed E-state index contributed by atoms with van der Waals surface area (Å²) >= 11 is 0. The van der Waals surface area contributed by atoms with Gasteiger partial charge < -0.3 is 4.42 Å². The normalized spacial score (nSPS) is 12.4. The Morgan fingerprint density at radius 1 is 1.83 bits per heavy atom. The molecule has 1 atom stereocenters. The molecule has 3 nitrogen and oxygen atoms in total. The van der Waals surface area contributed by atoms with Crippen molar-refractivity contribution in [2.75, 3.05) is 0 Å². The molecule has 1 heterocycles. The van der Waals surface area contributed by atoms with Gasteiger partial charge in [-0.25, -0.2) is 5.43 Å². The van der Waals surface area contributed by atoms with Gasteiger partial charge in [-0.2, -0.15) is 0 Å². The van der Waals surface area contributed by atoms with E-state index in [9.17, 15) is 0 Å². The lowest BCUT2D eigenvalue weighted by Gasteiger charge is -2.10. The molecule has 0 aliphatic heterocycles. The van der Waals surface area contributed by atoms with Crippen molar-refractivity contribution in [3.05, 3.63) is 23.7 Å². The Balaban J connectivity index is 2.81. The van der Waals surface area contributed by atoms with Crippen molar-refractivity contribution in [3.8, 4) is 12.3 Å². The fourth-order valence-electron chi connectivity index (χ4n) is 1.09. The number of furan rings is 1. The molecule has 0 saturated carbocycles. The van der Waals surface area contributed by atoms with Gasteiger partial charge in [0.2, 0.25) is 0 Å². The van der Waals surface area contributed by atoms with Crippen LogP contribution in [0.1, 0.15) is 23.8 Å². The van der Waals surface area contributed by atoms with Gasteiger partial charge in [0.15, 0.2) is 0 Å². The van der Waals surface area contributed by atoms with Crippen LogP contribution in [0.2, 0.25) is 0 Å². The molecule has 0 aromatic carbocycles. The molecule has 1 aromatic rings. The third kappa shape index (κ3) is 1.67. The van der Waals surface area contributed by atoms with Crippen LogP contribution < -0.4 is 11.3 Å². The predicted molar refractivity (Wildman–Crippen MR) is 47.0 cm³/mol. The lowest BCUT2D eigenvalue weighted by atomic mass is 10.1. The summed E-state index contributed by atoms with van der Waals surface area (Å²) in [6.07, 6.45) is 7.34. The molecule has 0 amide bonds. The quantitative estimate of drug-likeness (QED) is 0.400. The van der Waals surface area contributed by atoms with E-state index in [1.54, 1.807) is 6.26 Å². The van der Waals surface area contributed by atoms with Crippen LogP contribution in [0.25, 0.3) is 0 Å². The summed E-state index contributed by atoms with van der Waals surface area (Å²) in [7, 11) is 0. The molecule has 0 radical (unpaired) electrons. The van der Waals surface area contributed by atoms with E-state index in [2.05, 4.69) is 11.3 Å². The number of hydrogen-bond acceptors (Lipinski definition) is 3. The molecule has 1 unspecified atom stereocenters. The third-order valence-electron chi connectivity index (χ3n) is 1.74. The van der Waals surface area contributed by atoms with Gasteiger partial charge >= 0.3 is 0 Å². The maximum Gasteiger partial charge on any atom is 0.125 e. The monoisotopic (exact) mass is 164 g/mol. The highest BCUT2D eigenvalue weighted by Gasteiger charge is 2.13. The van der Waals surface area contributed by atoms with Crippen molar-refractivity contribution in [1.82, 2.24) is 5.43 Å². The molecule has 64 valence electrons. The van der Waals surface area contributed by atoms with Crippen LogP contribution in [0.15, 0.2) is 16.7 Å². The minimum Gasteiger partial charge on any atom is -0.467 e. The van der Waals surface area contributed by atoms with E-state index in [0.717, 1.165) is 11.3 Å². The maximum atomic E-state index is 5.31. The van der Waals surface area contributed by atoms with Gasteiger partial charge in [-0.05, 0) is 18.6 Å². The summed E-state index contributed by atoms with van der Waals surface area (Å²) in [6.45, 7) is 1.96. The van der Waals surface area contributed by atoms with Crippen molar-refractivity contribution < 1.29 is 4.42 Å². The van der Waals surface area contributed by atoms with Gasteiger partial charge in [-0.3, -0.25) is 5.84 Å². The largest absolute Gasteiger partial charge is 0.467 e. The van der Waals surface area contributed by atoms with Crippen molar-refractivity contribution in [2.24, 2.45) is 5.84 Å². The maximum absolute atomic E-state index is 5.31. The van der Waals surface area contributed by atoms with Gasteiger partial charge in [-0.1, -0.05) is 0 Å². The van der Waals surface area contributed by atoms with Gasteiger partial charge in [-0.15, -0.1) is 12.3 Å². The topological polar surface area (TPSA) is 51.2 Å². The molecule has 1 aromatic heterocycles. The van der Waals surface area contributed by atoms with E-state index >= 15 is 0 Å². The summed E-state index contributed by atoms with van der Waals surface area (Å²) in [5, 5.41) is 0. The molecule has 3 N–H and O–H groups in total. The molecule has 0 aliphatic rings. The molecule has 0 saturated heterocycles. The fourth-order valence-corrected chi connectivity index (χ4v) is 1.09. The highest BCUT2D eigenvalue weighted by molar-refractivity contribution is 5.19. The molecule has 0 aliphatic carbocycles. The van der Waals surface area contributed by atoms with E-state index in [1.165, 1.54) is 0 Å². The van der Waals surface area contributed by atoms with Crippen LogP contribution in [0, 0.1) is 19.3 Å². The van der Waals surface area contributed by atoms with Crippen LogP contribution in [0.5, 0.6) is 0 Å². The molecule has 0 spiro atoms. The Morgan fingerprint density at radius 3 is 3.00 bits per heavy atom. The average Bonchev–Trinajstić information content (AvgIpc) is 2.47. The fraction of sp³-hybridized carbons (Fsp3) is 0.333. The van der Waals surface area contributed by atoms with Crippen LogP contribution in [0.4, 0.5) is 0 Å². The number of aryl methyl sites for hydroxylation is 1. The Bertz CT molecular complexity index is 285. The highest BCUT2D eigenvalue weighted by Crippen LogP contribution is 2.19. The number of hydrogen-bond donors (Lipinski definition) is 2. The smallest absolute Gasteiger partial charge is 0.125 e. The Kier molecular flexibility index (Phi) is 2.92. The van der Waals surface area contributed by atoms with Gasteiger partial charge in [0.05, 0.1) is 12.3 Å². The third-order valence-corrected chi connectivity index (χ3v) is 1.74. The van der Waals surface area contributed by atoms with Crippen LogP contribution in [-0.2, 0) is 0 Å². The number of nitrogens with one attached hydrogen (secondary N) is 1. The zero-order chi connectivity index (χ0) is 8.97. The lowest BCUT2D eigenvalue weighted by molar-refractivity contribution is 0.420. The number of rotatable bonds is 3. The molecular formula is C9H12N2O. The van der Waals surface area contributed by atoms with Crippen molar-refractivity contribution in [3.63, 3.8) is 0 Å². The summed E-state index contributed by atoms with van der Waals surface area (Å²) in [6, 6.07) is 1.81. The van der Waals surface area contributed by atoms with E-state index in [4.69, 9.17) is 16.7 Å². The summed E-state index contributed by atoms with van der Waals surface area (Å²) in [5.41, 5.74) is 3.67. The first-order valence-electron chi connectivity index (χ1n) is 3.73. The first-order chi connectivity index (χ1) is 5.79. The highest BCUT2D eigenvalue weighted by atomic mass is 16.3. The summed E-state index contributed by atoms with van der Waals surface area (Å²) < 4.78 is 5.23. The second-order valence-corrected chi connectivity index (χ2v) is 2.60. The molecule has 1 rings (SSSR count). The summed E-state index contributed by atoms with van der Waals surface area (Å²) in [5.74, 6) is 8.66. The molecular weight excluding hydrogens is 152 g/mol. The SMILES string of the molecule is C#CCC(NN)c1occc1C. The van der Waals surface area contributed by atoms with Crippen LogP contribution in [-0.4, -0.2) is 0 Å². The van der Waals surface area contributed by atoms with E-state index in [0.29, 0.717) is 6.42 Å². The zero-order valence-electron chi connectivity index (χ0n) is 7.00. The Morgan fingerprint density at radius 2 is 2.58 bits per heavy atom. The van der Waals surface area contributed by atoms with Crippen LogP contribution in [0.3, 0.4) is 0 Å². The first-order valence-corrected chi connectivity index (χ1v) is 3.73. The van der Waals surface area contributed by atoms with E-state index in [1.807, 2.05) is 13.0 Å². The zero-order valence-corrected chi connectivity index (χ0v) is 7.00. The van der Waals surface area contributed by atoms with Crippen molar-refractivity contribution in [2.45, 2.75) is 19.4 Å². The first kappa shape index (κ1) is 8.85. The number of nitrogens with two attached hydrogens (primary N) is 1. The van der Waals surface area contributed by atoms with Gasteiger partial charge in [0.25, 0.3) is 0 Å².